The third kappa shape index (κ3) is 2.31. The van der Waals surface area contributed by atoms with Crippen molar-refractivity contribution in [2.45, 2.75) is 58.5 Å². The first-order chi connectivity index (χ1) is 7.91. The topological polar surface area (TPSA) is 49.4 Å². The maximum atomic E-state index is 12.1. The van der Waals surface area contributed by atoms with E-state index < -0.39 is 0 Å². The number of hydrogen-bond acceptors (Lipinski definition) is 2. The van der Waals surface area contributed by atoms with Crippen LogP contribution in [0, 0.1) is 5.41 Å². The summed E-state index contributed by atoms with van der Waals surface area (Å²) in [5.41, 5.74) is -0.206. The van der Waals surface area contributed by atoms with Gasteiger partial charge in [-0.15, -0.1) is 0 Å². The average molecular weight is 238 g/mol. The Balaban J connectivity index is 2.27. The second-order valence-corrected chi connectivity index (χ2v) is 6.23. The highest BCUT2D eigenvalue weighted by Crippen LogP contribution is 2.33. The predicted octanol–water partition coefficient (Wildman–Crippen LogP) is 1.30. The van der Waals surface area contributed by atoms with Crippen molar-refractivity contribution in [2.75, 3.05) is 6.54 Å². The minimum absolute atomic E-state index is 0.00370. The van der Waals surface area contributed by atoms with Crippen LogP contribution in [0.3, 0.4) is 0 Å². The lowest BCUT2D eigenvalue weighted by Gasteiger charge is -2.45. The van der Waals surface area contributed by atoms with Crippen LogP contribution in [0.2, 0.25) is 0 Å². The number of nitrogens with zero attached hydrogens (tertiary/aromatic N) is 1. The van der Waals surface area contributed by atoms with Gasteiger partial charge in [-0.05, 0) is 18.3 Å². The molecule has 2 amide bonds. The minimum Gasteiger partial charge on any atom is -0.345 e. The van der Waals surface area contributed by atoms with E-state index in [0.29, 0.717) is 0 Å². The summed E-state index contributed by atoms with van der Waals surface area (Å²) in [6.07, 6.45) is 4.44. The molecular weight excluding hydrogens is 216 g/mol. The van der Waals surface area contributed by atoms with Crippen LogP contribution in [0.15, 0.2) is 0 Å². The van der Waals surface area contributed by atoms with Gasteiger partial charge >= 0.3 is 0 Å². The number of piperazine rings is 1. The van der Waals surface area contributed by atoms with Gasteiger partial charge in [0.2, 0.25) is 11.8 Å². The van der Waals surface area contributed by atoms with Crippen molar-refractivity contribution >= 4 is 11.8 Å². The Kier molecular flexibility index (Phi) is 3.15. The third-order valence-corrected chi connectivity index (χ3v) is 3.77. The van der Waals surface area contributed by atoms with E-state index in [1.54, 1.807) is 0 Å². The molecule has 2 fully saturated rings. The molecule has 2 rings (SSSR count). The Morgan fingerprint density at radius 2 is 1.76 bits per heavy atom. The molecule has 1 heterocycles. The Bertz CT molecular complexity index is 327. The smallest absolute Gasteiger partial charge is 0.243 e. The second-order valence-electron chi connectivity index (χ2n) is 6.23. The van der Waals surface area contributed by atoms with Crippen molar-refractivity contribution in [3.8, 4) is 0 Å². The normalized spacial score (nSPS) is 27.5. The summed E-state index contributed by atoms with van der Waals surface area (Å²) < 4.78 is 0. The van der Waals surface area contributed by atoms with Gasteiger partial charge in [0.25, 0.3) is 0 Å². The Morgan fingerprint density at radius 1 is 1.18 bits per heavy atom. The molecule has 1 aliphatic heterocycles. The highest BCUT2D eigenvalue weighted by molar-refractivity contribution is 5.95. The van der Waals surface area contributed by atoms with E-state index in [1.807, 2.05) is 25.7 Å². The number of rotatable bonds is 1. The van der Waals surface area contributed by atoms with Gasteiger partial charge in [0.15, 0.2) is 0 Å². The highest BCUT2D eigenvalue weighted by atomic mass is 16.2. The molecule has 0 spiro atoms. The molecule has 96 valence electrons. The van der Waals surface area contributed by atoms with Crippen molar-refractivity contribution in [1.82, 2.24) is 10.2 Å². The molecule has 1 atom stereocenters. The molecular formula is C13H22N2O2. The number of nitrogens with one attached hydrogen (secondary N) is 1. The van der Waals surface area contributed by atoms with Crippen molar-refractivity contribution in [2.24, 2.45) is 5.41 Å². The van der Waals surface area contributed by atoms with Gasteiger partial charge in [0.05, 0.1) is 6.54 Å². The van der Waals surface area contributed by atoms with Crippen LogP contribution in [0.25, 0.3) is 0 Å². The van der Waals surface area contributed by atoms with Crippen molar-refractivity contribution in [3.05, 3.63) is 0 Å². The molecule has 1 saturated carbocycles. The summed E-state index contributed by atoms with van der Waals surface area (Å²) in [7, 11) is 0. The predicted molar refractivity (Wildman–Crippen MR) is 65.4 cm³/mol. The van der Waals surface area contributed by atoms with Crippen molar-refractivity contribution in [1.29, 1.82) is 0 Å². The molecule has 4 nitrogen and oxygen atoms in total. The van der Waals surface area contributed by atoms with E-state index in [-0.39, 0.29) is 35.9 Å². The van der Waals surface area contributed by atoms with E-state index in [1.165, 1.54) is 12.8 Å². The summed E-state index contributed by atoms with van der Waals surface area (Å²) in [6.45, 7) is 6.25. The zero-order chi connectivity index (χ0) is 12.6. The lowest BCUT2D eigenvalue weighted by molar-refractivity contribution is -0.153. The van der Waals surface area contributed by atoms with Gasteiger partial charge in [-0.3, -0.25) is 9.59 Å². The van der Waals surface area contributed by atoms with E-state index in [9.17, 15) is 9.59 Å². The molecule has 2 aliphatic rings. The molecule has 1 N–H and O–H groups in total. The van der Waals surface area contributed by atoms with Gasteiger partial charge in [0, 0.05) is 6.04 Å². The fourth-order valence-electron chi connectivity index (χ4n) is 3.03. The standard InChI is InChI=1S/C13H22N2O2/c1-13(2,3)11-12(17)14-8-10(16)15(11)9-6-4-5-7-9/h9,11H,4-8H2,1-3H3,(H,14,17). The molecule has 0 radical (unpaired) electrons. The van der Waals surface area contributed by atoms with Crippen LogP contribution in [-0.4, -0.2) is 35.3 Å². The molecule has 1 aliphatic carbocycles. The molecule has 0 aromatic carbocycles. The van der Waals surface area contributed by atoms with Crippen molar-refractivity contribution in [3.63, 3.8) is 0 Å². The van der Waals surface area contributed by atoms with Crippen LogP contribution in [-0.2, 0) is 9.59 Å². The van der Waals surface area contributed by atoms with Gasteiger partial charge in [-0.2, -0.15) is 0 Å². The van der Waals surface area contributed by atoms with Crippen LogP contribution in [0.1, 0.15) is 46.5 Å². The summed E-state index contributed by atoms with van der Waals surface area (Å²) in [6, 6.07) is -0.0374. The Hall–Kier alpha value is -1.06. The molecule has 0 aromatic heterocycles. The van der Waals surface area contributed by atoms with Crippen molar-refractivity contribution < 1.29 is 9.59 Å². The van der Waals surface area contributed by atoms with Crippen LogP contribution >= 0.6 is 0 Å². The molecule has 1 unspecified atom stereocenters. The molecule has 0 bridgehead atoms. The molecule has 4 heteroatoms. The fraction of sp³-hybridized carbons (Fsp3) is 0.846. The first kappa shape index (κ1) is 12.4. The average Bonchev–Trinajstić information content (AvgIpc) is 2.72. The van der Waals surface area contributed by atoms with Gasteiger partial charge in [-0.1, -0.05) is 33.6 Å². The summed E-state index contributed by atoms with van der Waals surface area (Å²) in [4.78, 5) is 26.0. The Labute approximate surface area is 103 Å². The van der Waals surface area contributed by atoms with Crippen LogP contribution < -0.4 is 5.32 Å². The summed E-state index contributed by atoms with van der Waals surface area (Å²) in [5.74, 6) is 0.0837. The maximum Gasteiger partial charge on any atom is 0.243 e. The first-order valence-electron chi connectivity index (χ1n) is 6.50. The maximum absolute atomic E-state index is 12.1. The second kappa shape index (κ2) is 4.31. The number of amides is 2. The van der Waals surface area contributed by atoms with E-state index in [0.717, 1.165) is 12.8 Å². The first-order valence-corrected chi connectivity index (χ1v) is 6.50. The molecule has 0 aromatic rings. The van der Waals surface area contributed by atoms with Gasteiger partial charge in [-0.25, -0.2) is 0 Å². The number of carbonyl (C=O) groups is 2. The zero-order valence-electron chi connectivity index (χ0n) is 11.0. The lowest BCUT2D eigenvalue weighted by Crippen LogP contribution is -2.64. The van der Waals surface area contributed by atoms with E-state index in [4.69, 9.17) is 0 Å². The monoisotopic (exact) mass is 238 g/mol. The van der Waals surface area contributed by atoms with Crippen LogP contribution in [0.4, 0.5) is 0 Å². The fourth-order valence-corrected chi connectivity index (χ4v) is 3.03. The largest absolute Gasteiger partial charge is 0.345 e. The highest BCUT2D eigenvalue weighted by Gasteiger charge is 2.45. The summed E-state index contributed by atoms with van der Waals surface area (Å²) in [5, 5.41) is 2.71. The van der Waals surface area contributed by atoms with E-state index >= 15 is 0 Å². The number of hydrogen-bond donors (Lipinski definition) is 1. The quantitative estimate of drug-likeness (QED) is 0.748. The lowest BCUT2D eigenvalue weighted by atomic mass is 9.83. The molecule has 17 heavy (non-hydrogen) atoms. The van der Waals surface area contributed by atoms with E-state index in [2.05, 4.69) is 5.32 Å². The van der Waals surface area contributed by atoms with Gasteiger partial charge in [0.1, 0.15) is 6.04 Å². The SMILES string of the molecule is CC(C)(C)C1C(=O)NCC(=O)N1C1CCCC1. The molecule has 1 saturated heterocycles. The Morgan fingerprint density at radius 3 is 2.29 bits per heavy atom. The van der Waals surface area contributed by atoms with Gasteiger partial charge < -0.3 is 10.2 Å². The third-order valence-electron chi connectivity index (χ3n) is 3.77. The number of carbonyl (C=O) groups excluding carboxylic acids is 2. The van der Waals surface area contributed by atoms with Crippen LogP contribution in [0.5, 0.6) is 0 Å². The minimum atomic E-state index is -0.313. The summed E-state index contributed by atoms with van der Waals surface area (Å²) >= 11 is 0. The zero-order valence-corrected chi connectivity index (χ0v) is 11.0.